The van der Waals surface area contributed by atoms with Crippen molar-refractivity contribution in [3.63, 3.8) is 0 Å². The highest BCUT2D eigenvalue weighted by Crippen LogP contribution is 2.53. The van der Waals surface area contributed by atoms with E-state index < -0.39 is 7.41 Å². The SMILES string of the molecule is C=C(N[P+](C)(CC)c1cc(CC)ccc1O)C1=Cc2ccc(N(C)CC)cc2C1. The minimum atomic E-state index is -1.76. The van der Waals surface area contributed by atoms with Gasteiger partial charge >= 0.3 is 0 Å². The first-order valence-electron chi connectivity index (χ1n) is 10.5. The minimum Gasteiger partial charge on any atom is -0.504 e. The predicted octanol–water partition coefficient (Wildman–Crippen LogP) is 5.36. The summed E-state index contributed by atoms with van der Waals surface area (Å²) < 4.78 is 0. The smallest absolute Gasteiger partial charge is 0.160 e. The highest BCUT2D eigenvalue weighted by molar-refractivity contribution is 7.80. The number of anilines is 1. The second-order valence-electron chi connectivity index (χ2n) is 8.02. The zero-order chi connectivity index (χ0) is 21.2. The van der Waals surface area contributed by atoms with Gasteiger partial charge in [-0.2, -0.15) is 0 Å². The number of nitrogens with zero attached hydrogens (tertiary/aromatic N) is 1. The minimum absolute atomic E-state index is 0.385. The van der Waals surface area contributed by atoms with E-state index in [0.717, 1.165) is 36.5 Å². The number of hydrogen-bond donors (Lipinski definition) is 2. The monoisotopic (exact) mass is 409 g/mol. The summed E-state index contributed by atoms with van der Waals surface area (Å²) in [6.07, 6.45) is 5.07. The number of allylic oxidation sites excluding steroid dienone is 1. The standard InChI is InChI=1S/C25H33N2OP/c1-7-19-10-13-24(28)25(14-19)29(6,9-3)26-18(4)21-15-20-11-12-23(27(5)8-2)17-22(20)16-21/h10-15,17,26H,4,7-9,16H2,1-3,5-6H3/p+1. The van der Waals surface area contributed by atoms with Crippen LogP contribution in [-0.2, 0) is 12.8 Å². The molecule has 0 saturated carbocycles. The van der Waals surface area contributed by atoms with Crippen molar-refractivity contribution in [3.8, 4) is 5.75 Å². The Bertz CT molecular complexity index is 950. The van der Waals surface area contributed by atoms with Gasteiger partial charge in [-0.25, -0.2) is 0 Å². The Hall–Kier alpha value is -2.25. The Balaban J connectivity index is 1.82. The maximum absolute atomic E-state index is 10.6. The largest absolute Gasteiger partial charge is 0.504 e. The molecule has 1 unspecified atom stereocenters. The van der Waals surface area contributed by atoms with Gasteiger partial charge in [-0.1, -0.05) is 25.6 Å². The molecule has 0 heterocycles. The van der Waals surface area contributed by atoms with Crippen LogP contribution in [0.5, 0.6) is 5.75 Å². The van der Waals surface area contributed by atoms with Gasteiger partial charge in [-0.05, 0) is 72.9 Å². The average Bonchev–Trinajstić information content (AvgIpc) is 3.17. The molecule has 29 heavy (non-hydrogen) atoms. The number of aryl methyl sites for hydroxylation is 1. The molecule has 0 radical (unpaired) electrons. The first-order chi connectivity index (χ1) is 13.8. The molecule has 0 bridgehead atoms. The molecule has 1 aliphatic carbocycles. The fourth-order valence-corrected chi connectivity index (χ4v) is 6.20. The quantitative estimate of drug-likeness (QED) is 0.576. The van der Waals surface area contributed by atoms with Gasteiger partial charge in [0.2, 0.25) is 0 Å². The van der Waals surface area contributed by atoms with E-state index in [1.54, 1.807) is 0 Å². The first kappa shape index (κ1) is 21.5. The molecule has 2 aromatic rings. The lowest BCUT2D eigenvalue weighted by Gasteiger charge is -2.25. The van der Waals surface area contributed by atoms with E-state index in [1.165, 1.54) is 28.0 Å². The number of fused-ring (bicyclic) bond motifs is 1. The molecular weight excluding hydrogens is 375 g/mol. The molecule has 0 fully saturated rings. The van der Waals surface area contributed by atoms with Crippen LogP contribution in [0.3, 0.4) is 0 Å². The van der Waals surface area contributed by atoms with Gasteiger partial charge in [-0.15, -0.1) is 0 Å². The second-order valence-corrected chi connectivity index (χ2v) is 11.7. The Kier molecular flexibility index (Phi) is 6.39. The number of phenolic OH excluding ortho intramolecular Hbond substituents is 1. The maximum Gasteiger partial charge on any atom is 0.160 e. The molecule has 1 aliphatic rings. The average molecular weight is 410 g/mol. The summed E-state index contributed by atoms with van der Waals surface area (Å²) in [6.45, 7) is 14.1. The zero-order valence-electron chi connectivity index (χ0n) is 18.4. The topological polar surface area (TPSA) is 35.5 Å². The molecule has 0 amide bonds. The summed E-state index contributed by atoms with van der Waals surface area (Å²) in [4.78, 5) is 2.26. The van der Waals surface area contributed by atoms with E-state index in [-0.39, 0.29) is 0 Å². The van der Waals surface area contributed by atoms with Crippen molar-refractivity contribution in [2.45, 2.75) is 33.6 Å². The number of phenols is 1. The van der Waals surface area contributed by atoms with Crippen LogP contribution in [0.1, 0.15) is 37.5 Å². The Morgan fingerprint density at radius 2 is 1.93 bits per heavy atom. The molecule has 3 nitrogen and oxygen atoms in total. The summed E-state index contributed by atoms with van der Waals surface area (Å²) in [5.41, 5.74) is 7.36. The number of nitrogens with one attached hydrogen (secondary N) is 1. The maximum atomic E-state index is 10.6. The van der Waals surface area contributed by atoms with Crippen molar-refractivity contribution in [1.82, 2.24) is 5.09 Å². The van der Waals surface area contributed by atoms with Crippen molar-refractivity contribution in [2.75, 3.05) is 31.3 Å². The number of benzene rings is 2. The third-order valence-electron chi connectivity index (χ3n) is 6.13. The van der Waals surface area contributed by atoms with Gasteiger partial charge in [0, 0.05) is 25.7 Å². The summed E-state index contributed by atoms with van der Waals surface area (Å²) in [5.74, 6) is 0.385. The molecule has 1 atom stereocenters. The van der Waals surface area contributed by atoms with Gasteiger partial charge < -0.3 is 10.0 Å². The summed E-state index contributed by atoms with van der Waals surface area (Å²) in [5, 5.41) is 15.4. The molecule has 0 aromatic heterocycles. The third-order valence-corrected chi connectivity index (χ3v) is 9.58. The summed E-state index contributed by atoms with van der Waals surface area (Å²) >= 11 is 0. The highest BCUT2D eigenvalue weighted by Gasteiger charge is 2.37. The van der Waals surface area contributed by atoms with Gasteiger partial charge in [0.1, 0.15) is 7.41 Å². The summed E-state index contributed by atoms with van der Waals surface area (Å²) in [7, 11) is 0.362. The van der Waals surface area contributed by atoms with E-state index in [9.17, 15) is 5.11 Å². The van der Waals surface area contributed by atoms with Gasteiger partial charge in [0.05, 0.1) is 18.5 Å². The van der Waals surface area contributed by atoms with Crippen molar-refractivity contribution in [2.24, 2.45) is 0 Å². The van der Waals surface area contributed by atoms with Crippen LogP contribution < -0.4 is 15.3 Å². The molecule has 3 rings (SSSR count). The van der Waals surface area contributed by atoms with Crippen LogP contribution in [0.25, 0.3) is 6.08 Å². The lowest BCUT2D eigenvalue weighted by atomic mass is 10.1. The van der Waals surface area contributed by atoms with Crippen LogP contribution in [0, 0.1) is 0 Å². The molecule has 0 saturated heterocycles. The van der Waals surface area contributed by atoms with Crippen molar-refractivity contribution in [1.29, 1.82) is 0 Å². The molecule has 2 N–H and O–H groups in total. The van der Waals surface area contributed by atoms with Crippen LogP contribution >= 0.6 is 7.41 Å². The van der Waals surface area contributed by atoms with Crippen molar-refractivity contribution < 1.29 is 5.11 Å². The molecule has 4 heteroatoms. The number of hydrogen-bond acceptors (Lipinski definition) is 3. The van der Waals surface area contributed by atoms with E-state index in [4.69, 9.17) is 0 Å². The fraction of sp³-hybridized carbons (Fsp3) is 0.360. The van der Waals surface area contributed by atoms with E-state index in [1.807, 2.05) is 12.1 Å². The second kappa shape index (κ2) is 8.63. The van der Waals surface area contributed by atoms with E-state index >= 15 is 0 Å². The Labute approximate surface area is 176 Å². The van der Waals surface area contributed by atoms with Crippen LogP contribution in [0.15, 0.2) is 54.2 Å². The van der Waals surface area contributed by atoms with Gasteiger partial charge in [0.25, 0.3) is 0 Å². The Morgan fingerprint density at radius 3 is 2.59 bits per heavy atom. The molecule has 0 spiro atoms. The first-order valence-corrected chi connectivity index (χ1v) is 12.9. The lowest BCUT2D eigenvalue weighted by molar-refractivity contribution is 0.479. The van der Waals surface area contributed by atoms with E-state index in [0.29, 0.717) is 5.75 Å². The molecular formula is C25H34N2OP+. The number of rotatable bonds is 8. The normalized spacial score (nSPS) is 14.7. The van der Waals surface area contributed by atoms with Crippen molar-refractivity contribution >= 4 is 24.5 Å². The zero-order valence-corrected chi connectivity index (χ0v) is 19.3. The van der Waals surface area contributed by atoms with Gasteiger partial charge in [-0.3, -0.25) is 5.09 Å². The van der Waals surface area contributed by atoms with Crippen LogP contribution in [0.2, 0.25) is 0 Å². The molecule has 154 valence electrons. The fourth-order valence-electron chi connectivity index (χ4n) is 3.81. The lowest BCUT2D eigenvalue weighted by Crippen LogP contribution is -2.27. The number of aromatic hydroxyl groups is 1. The summed E-state index contributed by atoms with van der Waals surface area (Å²) in [6, 6.07) is 12.7. The van der Waals surface area contributed by atoms with Crippen LogP contribution in [0.4, 0.5) is 5.69 Å². The molecule has 2 aromatic carbocycles. The van der Waals surface area contributed by atoms with Gasteiger partial charge in [0.15, 0.2) is 11.1 Å². The van der Waals surface area contributed by atoms with Crippen molar-refractivity contribution in [3.05, 3.63) is 70.9 Å². The highest BCUT2D eigenvalue weighted by atomic mass is 31.2. The third kappa shape index (κ3) is 4.36. The molecule has 0 aliphatic heterocycles. The van der Waals surface area contributed by atoms with Crippen LogP contribution in [-0.4, -0.2) is 31.5 Å². The predicted molar refractivity (Wildman–Crippen MR) is 130 cm³/mol. The van der Waals surface area contributed by atoms with E-state index in [2.05, 4.69) is 81.4 Å². The Morgan fingerprint density at radius 1 is 1.17 bits per heavy atom.